The minimum atomic E-state index is -0.548. The average Bonchev–Trinajstić information content (AvgIpc) is 2.48. The van der Waals surface area contributed by atoms with E-state index in [9.17, 15) is 14.9 Å². The molecule has 0 aliphatic carbocycles. The SMILES string of the molecule is CC(C)(C)NC(=O)Oc1ccc(Oc2ccc([N+](=O)[O-])cn2)cc1. The van der Waals surface area contributed by atoms with Crippen molar-refractivity contribution < 1.29 is 19.2 Å². The lowest BCUT2D eigenvalue weighted by molar-refractivity contribution is -0.385. The van der Waals surface area contributed by atoms with E-state index in [1.165, 1.54) is 12.1 Å². The van der Waals surface area contributed by atoms with Crippen LogP contribution in [0.1, 0.15) is 20.8 Å². The average molecular weight is 331 g/mol. The number of hydrogen-bond acceptors (Lipinski definition) is 6. The van der Waals surface area contributed by atoms with Crippen LogP contribution in [0.15, 0.2) is 42.6 Å². The minimum absolute atomic E-state index is 0.115. The highest BCUT2D eigenvalue weighted by atomic mass is 16.6. The number of benzene rings is 1. The maximum Gasteiger partial charge on any atom is 0.413 e. The van der Waals surface area contributed by atoms with Gasteiger partial charge < -0.3 is 14.8 Å². The Bertz CT molecular complexity index is 721. The zero-order valence-electron chi connectivity index (χ0n) is 13.5. The Labute approximate surface area is 138 Å². The maximum atomic E-state index is 11.7. The number of amides is 1. The Morgan fingerprint density at radius 3 is 2.25 bits per heavy atom. The summed E-state index contributed by atoms with van der Waals surface area (Å²) < 4.78 is 10.6. The number of rotatable bonds is 4. The molecule has 1 aromatic heterocycles. The van der Waals surface area contributed by atoms with Crippen LogP contribution in [-0.2, 0) is 0 Å². The van der Waals surface area contributed by atoms with E-state index in [0.717, 1.165) is 6.20 Å². The molecule has 0 spiro atoms. The summed E-state index contributed by atoms with van der Waals surface area (Å²) in [5, 5.41) is 13.2. The Morgan fingerprint density at radius 2 is 1.75 bits per heavy atom. The fourth-order valence-corrected chi connectivity index (χ4v) is 1.68. The van der Waals surface area contributed by atoms with Crippen molar-refractivity contribution in [3.05, 3.63) is 52.7 Å². The summed E-state index contributed by atoms with van der Waals surface area (Å²) in [5.41, 5.74) is -0.502. The molecule has 0 unspecified atom stereocenters. The van der Waals surface area contributed by atoms with Gasteiger partial charge in [0.15, 0.2) is 0 Å². The third-order valence-electron chi connectivity index (χ3n) is 2.67. The maximum absolute atomic E-state index is 11.7. The minimum Gasteiger partial charge on any atom is -0.439 e. The van der Waals surface area contributed by atoms with Gasteiger partial charge in [0.25, 0.3) is 5.69 Å². The van der Waals surface area contributed by atoms with Gasteiger partial charge in [0, 0.05) is 17.7 Å². The topological polar surface area (TPSA) is 104 Å². The van der Waals surface area contributed by atoms with E-state index in [4.69, 9.17) is 9.47 Å². The molecule has 8 heteroatoms. The molecule has 126 valence electrons. The molecule has 0 bridgehead atoms. The molecular formula is C16H17N3O5. The third-order valence-corrected chi connectivity index (χ3v) is 2.67. The molecule has 1 N–H and O–H groups in total. The van der Waals surface area contributed by atoms with E-state index < -0.39 is 11.0 Å². The third kappa shape index (κ3) is 5.24. The molecule has 0 saturated carbocycles. The number of nitro groups is 1. The number of carbonyl (C=O) groups excluding carboxylic acids is 1. The first-order valence-electron chi connectivity index (χ1n) is 7.11. The van der Waals surface area contributed by atoms with Crippen LogP contribution in [0, 0.1) is 10.1 Å². The van der Waals surface area contributed by atoms with Crippen LogP contribution >= 0.6 is 0 Å². The molecule has 1 heterocycles. The molecule has 2 rings (SSSR count). The van der Waals surface area contributed by atoms with Crippen molar-refractivity contribution in [1.82, 2.24) is 10.3 Å². The van der Waals surface area contributed by atoms with Crippen molar-refractivity contribution >= 4 is 11.8 Å². The van der Waals surface area contributed by atoms with Gasteiger partial charge in [0.1, 0.15) is 17.7 Å². The summed E-state index contributed by atoms with van der Waals surface area (Å²) in [7, 11) is 0. The smallest absolute Gasteiger partial charge is 0.413 e. The molecule has 1 amide bonds. The van der Waals surface area contributed by atoms with E-state index in [2.05, 4.69) is 10.3 Å². The lowest BCUT2D eigenvalue weighted by Gasteiger charge is -2.19. The van der Waals surface area contributed by atoms with Crippen LogP contribution in [-0.4, -0.2) is 21.5 Å². The van der Waals surface area contributed by atoms with Crippen LogP contribution in [0.4, 0.5) is 10.5 Å². The van der Waals surface area contributed by atoms with Crippen molar-refractivity contribution in [2.45, 2.75) is 26.3 Å². The molecule has 2 aromatic rings. The molecular weight excluding hydrogens is 314 g/mol. The van der Waals surface area contributed by atoms with Gasteiger partial charge in [-0.2, -0.15) is 0 Å². The fraction of sp³-hybridized carbons (Fsp3) is 0.250. The summed E-state index contributed by atoms with van der Waals surface area (Å²) in [5.74, 6) is 1.04. The van der Waals surface area contributed by atoms with Gasteiger partial charge in [-0.25, -0.2) is 9.78 Å². The Morgan fingerprint density at radius 1 is 1.12 bits per heavy atom. The van der Waals surface area contributed by atoms with Crippen LogP contribution in [0.3, 0.4) is 0 Å². The summed E-state index contributed by atoms with van der Waals surface area (Å²) in [6.07, 6.45) is 0.567. The molecule has 1 aromatic carbocycles. The molecule has 0 aliphatic heterocycles. The second-order valence-corrected chi connectivity index (χ2v) is 5.95. The molecule has 0 fully saturated rings. The number of ether oxygens (including phenoxy) is 2. The zero-order valence-corrected chi connectivity index (χ0v) is 13.5. The van der Waals surface area contributed by atoms with Crippen LogP contribution in [0.5, 0.6) is 17.4 Å². The summed E-state index contributed by atoms with van der Waals surface area (Å²) in [6, 6.07) is 9.05. The standard InChI is InChI=1S/C16H17N3O5/c1-16(2,3)18-15(20)24-13-7-5-12(6-8-13)23-14-9-4-11(10-17-14)19(21)22/h4-10H,1-3H3,(H,18,20). The van der Waals surface area contributed by atoms with Crippen molar-refractivity contribution in [1.29, 1.82) is 0 Å². The van der Waals surface area contributed by atoms with E-state index in [0.29, 0.717) is 11.5 Å². The fourth-order valence-electron chi connectivity index (χ4n) is 1.68. The first-order valence-corrected chi connectivity index (χ1v) is 7.11. The predicted octanol–water partition coefficient (Wildman–Crippen LogP) is 3.67. The van der Waals surface area contributed by atoms with Crippen molar-refractivity contribution in [3.8, 4) is 17.4 Å². The number of aromatic nitrogens is 1. The number of nitrogens with zero attached hydrogens (tertiary/aromatic N) is 2. The molecule has 8 nitrogen and oxygen atoms in total. The van der Waals surface area contributed by atoms with Gasteiger partial charge in [-0.15, -0.1) is 0 Å². The second-order valence-electron chi connectivity index (χ2n) is 5.95. The molecule has 0 aliphatic rings. The van der Waals surface area contributed by atoms with E-state index in [1.807, 2.05) is 20.8 Å². The normalized spacial score (nSPS) is 10.8. The van der Waals surface area contributed by atoms with Gasteiger partial charge in [0.2, 0.25) is 5.88 Å². The zero-order chi connectivity index (χ0) is 17.7. The van der Waals surface area contributed by atoms with Gasteiger partial charge >= 0.3 is 6.09 Å². The van der Waals surface area contributed by atoms with Gasteiger partial charge in [-0.3, -0.25) is 10.1 Å². The van der Waals surface area contributed by atoms with E-state index in [-0.39, 0.29) is 17.1 Å². The second kappa shape index (κ2) is 6.95. The van der Waals surface area contributed by atoms with Crippen molar-refractivity contribution in [2.75, 3.05) is 0 Å². The van der Waals surface area contributed by atoms with E-state index >= 15 is 0 Å². The summed E-state index contributed by atoms with van der Waals surface area (Å²) >= 11 is 0. The number of pyridine rings is 1. The first kappa shape index (κ1) is 17.2. The lowest BCUT2D eigenvalue weighted by Crippen LogP contribution is -2.42. The van der Waals surface area contributed by atoms with Crippen LogP contribution < -0.4 is 14.8 Å². The summed E-state index contributed by atoms with van der Waals surface area (Å²) in [4.78, 5) is 25.5. The molecule has 0 radical (unpaired) electrons. The van der Waals surface area contributed by atoms with Crippen LogP contribution in [0.2, 0.25) is 0 Å². The van der Waals surface area contributed by atoms with E-state index in [1.54, 1.807) is 24.3 Å². The highest BCUT2D eigenvalue weighted by Crippen LogP contribution is 2.23. The summed E-state index contributed by atoms with van der Waals surface area (Å²) in [6.45, 7) is 5.55. The van der Waals surface area contributed by atoms with Gasteiger partial charge in [-0.05, 0) is 45.0 Å². The Balaban J connectivity index is 1.96. The Hall–Kier alpha value is -3.16. The first-order chi connectivity index (χ1) is 11.2. The number of hydrogen-bond donors (Lipinski definition) is 1. The largest absolute Gasteiger partial charge is 0.439 e. The lowest BCUT2D eigenvalue weighted by atomic mass is 10.1. The highest BCUT2D eigenvalue weighted by molar-refractivity contribution is 5.71. The monoisotopic (exact) mass is 331 g/mol. The van der Waals surface area contributed by atoms with Crippen molar-refractivity contribution in [3.63, 3.8) is 0 Å². The van der Waals surface area contributed by atoms with Crippen molar-refractivity contribution in [2.24, 2.45) is 0 Å². The van der Waals surface area contributed by atoms with Crippen LogP contribution in [0.25, 0.3) is 0 Å². The molecule has 0 atom stereocenters. The Kier molecular flexibility index (Phi) is 4.98. The van der Waals surface area contributed by atoms with Gasteiger partial charge in [0.05, 0.1) is 4.92 Å². The number of nitrogens with one attached hydrogen (secondary N) is 1. The highest BCUT2D eigenvalue weighted by Gasteiger charge is 2.15. The quantitative estimate of drug-likeness (QED) is 0.677. The number of carbonyl (C=O) groups is 1. The predicted molar refractivity (Wildman–Crippen MR) is 86.3 cm³/mol. The molecule has 24 heavy (non-hydrogen) atoms. The van der Waals surface area contributed by atoms with Gasteiger partial charge in [-0.1, -0.05) is 0 Å². The molecule has 0 saturated heterocycles.